The van der Waals surface area contributed by atoms with Crippen LogP contribution in [0.2, 0.25) is 0 Å². The van der Waals surface area contributed by atoms with Gasteiger partial charge in [0.15, 0.2) is 0 Å². The van der Waals surface area contributed by atoms with E-state index in [1.807, 2.05) is 20.8 Å². The highest BCUT2D eigenvalue weighted by Gasteiger charge is 2.56. The van der Waals surface area contributed by atoms with Crippen LogP contribution in [-0.4, -0.2) is 23.8 Å². The number of aldehydes is 2. The number of carbonyl (C=O) groups excluding carboxylic acids is 2. The molecule has 0 aliphatic heterocycles. The summed E-state index contributed by atoms with van der Waals surface area (Å²) >= 11 is 0. The average molecular weight is 318 g/mol. The van der Waals surface area contributed by atoms with Crippen LogP contribution in [-0.2, 0) is 9.59 Å². The Bertz CT molecular complexity index is 541. The SMILES string of the molecule is CC(C)=CC[C@@H](O)[C@]1(C)CCC[C@@]2(C=O)C(C=O)=C(C)CC[C@@H]12. The van der Waals surface area contributed by atoms with Crippen LogP contribution in [0.1, 0.15) is 66.2 Å². The third-order valence-corrected chi connectivity index (χ3v) is 6.33. The number of aliphatic hydroxyl groups excluding tert-OH is 1. The lowest BCUT2D eigenvalue weighted by Crippen LogP contribution is -2.54. The van der Waals surface area contributed by atoms with E-state index >= 15 is 0 Å². The van der Waals surface area contributed by atoms with Crippen molar-refractivity contribution in [1.29, 1.82) is 0 Å². The summed E-state index contributed by atoms with van der Waals surface area (Å²) in [7, 11) is 0. The van der Waals surface area contributed by atoms with E-state index in [1.54, 1.807) is 0 Å². The summed E-state index contributed by atoms with van der Waals surface area (Å²) in [6.07, 6.45) is 8.35. The molecule has 3 heteroatoms. The van der Waals surface area contributed by atoms with Gasteiger partial charge in [-0.05, 0) is 64.2 Å². The number of rotatable bonds is 5. The van der Waals surface area contributed by atoms with Crippen molar-refractivity contribution in [1.82, 2.24) is 0 Å². The van der Waals surface area contributed by atoms with Gasteiger partial charge in [0.2, 0.25) is 0 Å². The van der Waals surface area contributed by atoms with Crippen molar-refractivity contribution in [3.8, 4) is 0 Å². The first-order chi connectivity index (χ1) is 10.8. The molecule has 1 fully saturated rings. The molecule has 0 spiro atoms. The van der Waals surface area contributed by atoms with E-state index in [0.29, 0.717) is 12.0 Å². The quantitative estimate of drug-likeness (QED) is 0.615. The van der Waals surface area contributed by atoms with Gasteiger partial charge in [0.1, 0.15) is 12.6 Å². The molecule has 1 N–H and O–H groups in total. The van der Waals surface area contributed by atoms with Crippen molar-refractivity contribution in [3.63, 3.8) is 0 Å². The smallest absolute Gasteiger partial charge is 0.146 e. The number of fused-ring (bicyclic) bond motifs is 1. The molecule has 0 amide bonds. The summed E-state index contributed by atoms with van der Waals surface area (Å²) in [6.45, 7) is 8.14. The number of hydrogen-bond donors (Lipinski definition) is 1. The number of allylic oxidation sites excluding steroid dienone is 3. The fourth-order valence-electron chi connectivity index (χ4n) is 4.93. The highest BCUT2D eigenvalue weighted by Crippen LogP contribution is 2.59. The van der Waals surface area contributed by atoms with Crippen LogP contribution in [0.3, 0.4) is 0 Å². The second kappa shape index (κ2) is 6.72. The minimum atomic E-state index is -0.691. The molecule has 3 nitrogen and oxygen atoms in total. The molecular weight excluding hydrogens is 288 g/mol. The fraction of sp³-hybridized carbons (Fsp3) is 0.700. The molecular formula is C20H30O3. The van der Waals surface area contributed by atoms with Crippen molar-refractivity contribution in [2.24, 2.45) is 16.7 Å². The maximum Gasteiger partial charge on any atom is 0.146 e. The van der Waals surface area contributed by atoms with Crippen molar-refractivity contribution >= 4 is 12.6 Å². The molecule has 0 unspecified atom stereocenters. The first-order valence-electron chi connectivity index (χ1n) is 8.75. The second-order valence-corrected chi connectivity index (χ2v) is 7.95. The van der Waals surface area contributed by atoms with Crippen LogP contribution >= 0.6 is 0 Å². The Kier molecular flexibility index (Phi) is 5.30. The molecule has 2 aliphatic rings. The van der Waals surface area contributed by atoms with Gasteiger partial charge in [0.25, 0.3) is 0 Å². The van der Waals surface area contributed by atoms with Crippen molar-refractivity contribution in [2.45, 2.75) is 72.3 Å². The monoisotopic (exact) mass is 318 g/mol. The van der Waals surface area contributed by atoms with Gasteiger partial charge < -0.3 is 9.90 Å². The zero-order chi connectivity index (χ0) is 17.3. The maximum absolute atomic E-state index is 12.1. The number of hydrogen-bond acceptors (Lipinski definition) is 3. The highest BCUT2D eigenvalue weighted by molar-refractivity contribution is 5.86. The summed E-state index contributed by atoms with van der Waals surface area (Å²) in [5.41, 5.74) is 1.91. The van der Waals surface area contributed by atoms with E-state index in [-0.39, 0.29) is 11.3 Å². The van der Waals surface area contributed by atoms with E-state index in [9.17, 15) is 14.7 Å². The number of carbonyl (C=O) groups is 2. The van der Waals surface area contributed by atoms with Gasteiger partial charge in [-0.25, -0.2) is 0 Å². The Labute approximate surface area is 139 Å². The minimum Gasteiger partial charge on any atom is -0.392 e. The molecule has 0 aromatic carbocycles. The van der Waals surface area contributed by atoms with E-state index in [2.05, 4.69) is 13.0 Å². The Balaban J connectivity index is 2.44. The molecule has 0 saturated heterocycles. The molecule has 0 aromatic heterocycles. The molecule has 1 saturated carbocycles. The van der Waals surface area contributed by atoms with E-state index in [4.69, 9.17) is 0 Å². The van der Waals surface area contributed by atoms with Gasteiger partial charge in [0, 0.05) is 5.57 Å². The van der Waals surface area contributed by atoms with E-state index in [0.717, 1.165) is 50.2 Å². The standard InChI is InChI=1S/C20H30O3/c1-14(2)6-9-18(23)19(4)10-5-11-20(13-22)16(12-21)15(3)7-8-17(19)20/h6,12-13,17-18,23H,5,7-11H2,1-4H3/t17-,18+,19+,20+/m0/s1. The lowest BCUT2D eigenvalue weighted by atomic mass is 9.48. The molecule has 2 aliphatic carbocycles. The van der Waals surface area contributed by atoms with E-state index in [1.165, 1.54) is 5.57 Å². The zero-order valence-electron chi connectivity index (χ0n) is 14.9. The van der Waals surface area contributed by atoms with Gasteiger partial charge in [0.05, 0.1) is 11.5 Å². The zero-order valence-corrected chi connectivity index (χ0v) is 14.9. The molecule has 0 aromatic rings. The van der Waals surface area contributed by atoms with Crippen LogP contribution in [0.15, 0.2) is 22.8 Å². The Hall–Kier alpha value is -1.22. The van der Waals surface area contributed by atoms with Gasteiger partial charge in [-0.1, -0.05) is 30.6 Å². The average Bonchev–Trinajstić information content (AvgIpc) is 2.52. The predicted molar refractivity (Wildman–Crippen MR) is 92.0 cm³/mol. The lowest BCUT2D eigenvalue weighted by molar-refractivity contribution is -0.135. The molecule has 0 heterocycles. The normalized spacial score (nSPS) is 35.3. The molecule has 4 atom stereocenters. The molecule has 23 heavy (non-hydrogen) atoms. The predicted octanol–water partition coefficient (Wildman–Crippen LogP) is 4.00. The molecule has 0 radical (unpaired) electrons. The van der Waals surface area contributed by atoms with Crippen molar-refractivity contribution in [3.05, 3.63) is 22.8 Å². The first-order valence-corrected chi connectivity index (χ1v) is 8.75. The Morgan fingerprint density at radius 3 is 2.61 bits per heavy atom. The second-order valence-electron chi connectivity index (χ2n) is 7.95. The summed E-state index contributed by atoms with van der Waals surface area (Å²) in [5, 5.41) is 10.9. The third-order valence-electron chi connectivity index (χ3n) is 6.33. The van der Waals surface area contributed by atoms with Crippen LogP contribution in [0, 0.1) is 16.7 Å². The van der Waals surface area contributed by atoms with Crippen LogP contribution in [0.4, 0.5) is 0 Å². The van der Waals surface area contributed by atoms with Gasteiger partial charge in [-0.15, -0.1) is 0 Å². The lowest BCUT2D eigenvalue weighted by Gasteiger charge is -2.55. The van der Waals surface area contributed by atoms with Crippen LogP contribution < -0.4 is 0 Å². The first kappa shape index (κ1) is 18.1. The largest absolute Gasteiger partial charge is 0.392 e. The fourth-order valence-corrected chi connectivity index (χ4v) is 4.93. The highest BCUT2D eigenvalue weighted by atomic mass is 16.3. The summed E-state index contributed by atoms with van der Waals surface area (Å²) in [4.78, 5) is 23.8. The van der Waals surface area contributed by atoms with Gasteiger partial charge >= 0.3 is 0 Å². The van der Waals surface area contributed by atoms with Crippen molar-refractivity contribution < 1.29 is 14.7 Å². The topological polar surface area (TPSA) is 54.4 Å². The van der Waals surface area contributed by atoms with Gasteiger partial charge in [-0.2, -0.15) is 0 Å². The van der Waals surface area contributed by atoms with E-state index < -0.39 is 11.5 Å². The molecule has 2 rings (SSSR count). The summed E-state index contributed by atoms with van der Waals surface area (Å²) in [5.74, 6) is 0.0470. The summed E-state index contributed by atoms with van der Waals surface area (Å²) in [6, 6.07) is 0. The molecule has 0 bridgehead atoms. The van der Waals surface area contributed by atoms with Crippen molar-refractivity contribution in [2.75, 3.05) is 0 Å². The van der Waals surface area contributed by atoms with Crippen LogP contribution in [0.5, 0.6) is 0 Å². The Morgan fingerprint density at radius 2 is 2.04 bits per heavy atom. The minimum absolute atomic E-state index is 0.0470. The van der Waals surface area contributed by atoms with Gasteiger partial charge in [-0.3, -0.25) is 4.79 Å². The maximum atomic E-state index is 12.1. The third kappa shape index (κ3) is 2.96. The summed E-state index contributed by atoms with van der Waals surface area (Å²) < 4.78 is 0. The Morgan fingerprint density at radius 1 is 1.35 bits per heavy atom. The molecule has 128 valence electrons. The number of aliphatic hydroxyl groups is 1. The van der Waals surface area contributed by atoms with Crippen LogP contribution in [0.25, 0.3) is 0 Å².